The highest BCUT2D eigenvalue weighted by Crippen LogP contribution is 2.11. The number of methoxy groups -OCH3 is 1. The first kappa shape index (κ1) is 15.7. The minimum absolute atomic E-state index is 0.116. The largest absolute Gasteiger partial charge is 0.464 e. The Balaban J connectivity index is 2.07. The summed E-state index contributed by atoms with van der Waals surface area (Å²) in [6, 6.07) is 6.69. The number of carbonyl (C=O) groups is 2. The number of nitrogens with zero attached hydrogens (tertiary/aromatic N) is 3. The maximum Gasteiger partial charge on any atom is 0.360 e. The van der Waals surface area contributed by atoms with Crippen molar-refractivity contribution >= 4 is 11.9 Å². The fourth-order valence-corrected chi connectivity index (χ4v) is 1.73. The Bertz CT molecular complexity index is 649. The number of rotatable bonds is 6. The van der Waals surface area contributed by atoms with Gasteiger partial charge in [0.1, 0.15) is 0 Å². The number of ether oxygens (including phenoxy) is 2. The lowest BCUT2D eigenvalue weighted by Crippen LogP contribution is -2.06. The van der Waals surface area contributed by atoms with Crippen molar-refractivity contribution in [1.82, 2.24) is 15.0 Å². The molecule has 1 aromatic heterocycles. The van der Waals surface area contributed by atoms with E-state index in [2.05, 4.69) is 15.0 Å². The Labute approximate surface area is 127 Å². The summed E-state index contributed by atoms with van der Waals surface area (Å²) in [7, 11) is 1.28. The number of unbranched alkanes of at least 4 members (excludes halogenated alkanes) is 1. The fourth-order valence-electron chi connectivity index (χ4n) is 1.73. The fraction of sp³-hybridized carbons (Fsp3) is 0.333. The maximum atomic E-state index is 11.8. The Kier molecular flexibility index (Phi) is 5.24. The zero-order chi connectivity index (χ0) is 15.9. The van der Waals surface area contributed by atoms with Crippen molar-refractivity contribution in [2.24, 2.45) is 0 Å². The first-order chi connectivity index (χ1) is 10.7. The van der Waals surface area contributed by atoms with E-state index in [1.54, 1.807) is 24.3 Å². The Hall–Kier alpha value is -2.70. The van der Waals surface area contributed by atoms with Gasteiger partial charge in [-0.25, -0.2) is 14.3 Å². The minimum atomic E-state index is -0.553. The average molecular weight is 303 g/mol. The van der Waals surface area contributed by atoms with Gasteiger partial charge in [0.25, 0.3) is 0 Å². The van der Waals surface area contributed by atoms with E-state index in [1.165, 1.54) is 18.0 Å². The van der Waals surface area contributed by atoms with Gasteiger partial charge in [0.15, 0.2) is 5.69 Å². The van der Waals surface area contributed by atoms with Crippen LogP contribution in [0.3, 0.4) is 0 Å². The molecule has 7 nitrogen and oxygen atoms in total. The lowest BCUT2D eigenvalue weighted by molar-refractivity contribution is 0.0499. The number of esters is 2. The van der Waals surface area contributed by atoms with Gasteiger partial charge in [-0.3, -0.25) is 0 Å². The molecule has 0 amide bonds. The highest BCUT2D eigenvalue weighted by molar-refractivity contribution is 5.89. The molecule has 2 aromatic rings. The Morgan fingerprint density at radius 3 is 2.55 bits per heavy atom. The van der Waals surface area contributed by atoms with Gasteiger partial charge in [-0.15, -0.1) is 5.10 Å². The first-order valence-corrected chi connectivity index (χ1v) is 6.94. The lowest BCUT2D eigenvalue weighted by Gasteiger charge is -2.05. The van der Waals surface area contributed by atoms with Gasteiger partial charge in [0.05, 0.1) is 31.2 Å². The highest BCUT2D eigenvalue weighted by atomic mass is 16.5. The molecule has 0 spiro atoms. The third-order valence-electron chi connectivity index (χ3n) is 2.99. The Morgan fingerprint density at radius 1 is 1.18 bits per heavy atom. The third-order valence-corrected chi connectivity index (χ3v) is 2.99. The van der Waals surface area contributed by atoms with Gasteiger partial charge < -0.3 is 9.47 Å². The van der Waals surface area contributed by atoms with Crippen molar-refractivity contribution in [2.45, 2.75) is 19.8 Å². The molecule has 116 valence electrons. The molecule has 0 bridgehead atoms. The van der Waals surface area contributed by atoms with Crippen LogP contribution in [0.15, 0.2) is 30.5 Å². The van der Waals surface area contributed by atoms with E-state index in [1.807, 2.05) is 6.92 Å². The quantitative estimate of drug-likeness (QED) is 0.599. The smallest absolute Gasteiger partial charge is 0.360 e. The van der Waals surface area contributed by atoms with Crippen LogP contribution in [0.5, 0.6) is 0 Å². The van der Waals surface area contributed by atoms with Crippen LogP contribution in [0.25, 0.3) is 5.69 Å². The number of carbonyl (C=O) groups excluding carboxylic acids is 2. The molecule has 1 aromatic carbocycles. The van der Waals surface area contributed by atoms with Gasteiger partial charge in [0.2, 0.25) is 0 Å². The van der Waals surface area contributed by atoms with E-state index >= 15 is 0 Å². The van der Waals surface area contributed by atoms with Crippen molar-refractivity contribution in [3.05, 3.63) is 41.7 Å². The molecular formula is C15H17N3O4. The highest BCUT2D eigenvalue weighted by Gasteiger charge is 2.12. The van der Waals surface area contributed by atoms with Crippen molar-refractivity contribution in [3.8, 4) is 5.69 Å². The van der Waals surface area contributed by atoms with Crippen molar-refractivity contribution in [1.29, 1.82) is 0 Å². The summed E-state index contributed by atoms with van der Waals surface area (Å²) in [4.78, 5) is 23.1. The van der Waals surface area contributed by atoms with Crippen molar-refractivity contribution in [2.75, 3.05) is 13.7 Å². The zero-order valence-electron chi connectivity index (χ0n) is 12.5. The summed E-state index contributed by atoms with van der Waals surface area (Å²) in [6.07, 6.45) is 3.28. The first-order valence-electron chi connectivity index (χ1n) is 6.94. The van der Waals surface area contributed by atoms with Gasteiger partial charge in [-0.2, -0.15) is 0 Å². The molecule has 0 atom stereocenters. The normalized spacial score (nSPS) is 10.3. The molecule has 0 unspecified atom stereocenters. The van der Waals surface area contributed by atoms with Crippen LogP contribution >= 0.6 is 0 Å². The molecule has 0 aliphatic carbocycles. The number of benzene rings is 1. The van der Waals surface area contributed by atoms with Gasteiger partial charge >= 0.3 is 11.9 Å². The summed E-state index contributed by atoms with van der Waals surface area (Å²) >= 11 is 0. The molecule has 7 heteroatoms. The second kappa shape index (κ2) is 7.35. The molecule has 1 heterocycles. The van der Waals surface area contributed by atoms with Crippen molar-refractivity contribution < 1.29 is 19.1 Å². The summed E-state index contributed by atoms with van der Waals surface area (Å²) in [6.45, 7) is 2.45. The molecule has 0 radical (unpaired) electrons. The third kappa shape index (κ3) is 3.69. The number of aromatic nitrogens is 3. The molecule has 0 saturated heterocycles. The number of hydrogen-bond donors (Lipinski definition) is 0. The van der Waals surface area contributed by atoms with Crippen LogP contribution in [0.2, 0.25) is 0 Å². The summed E-state index contributed by atoms with van der Waals surface area (Å²) in [5.74, 6) is -0.906. The summed E-state index contributed by atoms with van der Waals surface area (Å²) in [5.41, 5.74) is 1.26. The van der Waals surface area contributed by atoms with E-state index in [9.17, 15) is 9.59 Å². The van der Waals surface area contributed by atoms with Gasteiger partial charge in [0, 0.05) is 0 Å². The van der Waals surface area contributed by atoms with E-state index in [0.29, 0.717) is 17.9 Å². The topological polar surface area (TPSA) is 83.3 Å². The monoisotopic (exact) mass is 303 g/mol. The van der Waals surface area contributed by atoms with Crippen LogP contribution in [0.4, 0.5) is 0 Å². The van der Waals surface area contributed by atoms with Crippen LogP contribution in [0, 0.1) is 0 Å². The molecule has 0 N–H and O–H groups in total. The van der Waals surface area contributed by atoms with Crippen LogP contribution in [-0.4, -0.2) is 40.6 Å². The second-order valence-corrected chi connectivity index (χ2v) is 4.58. The SMILES string of the molecule is CCCCOC(=O)c1ccc(-n2cc(C(=O)OC)nn2)cc1. The molecular weight excluding hydrogens is 286 g/mol. The Morgan fingerprint density at radius 2 is 1.91 bits per heavy atom. The average Bonchev–Trinajstić information content (AvgIpc) is 3.04. The second-order valence-electron chi connectivity index (χ2n) is 4.58. The molecule has 2 rings (SSSR count). The van der Waals surface area contributed by atoms with E-state index in [0.717, 1.165) is 12.8 Å². The van der Waals surface area contributed by atoms with E-state index in [-0.39, 0.29) is 11.7 Å². The van der Waals surface area contributed by atoms with Crippen LogP contribution in [-0.2, 0) is 9.47 Å². The number of hydrogen-bond acceptors (Lipinski definition) is 6. The molecule has 0 fully saturated rings. The molecule has 0 saturated carbocycles. The standard InChI is InChI=1S/C15H17N3O4/c1-3-4-9-22-14(19)11-5-7-12(8-6-11)18-10-13(16-17-18)15(20)21-2/h5-8,10H,3-4,9H2,1-2H3. The predicted molar refractivity (Wildman–Crippen MR) is 77.9 cm³/mol. The summed E-state index contributed by atoms with van der Waals surface area (Å²) in [5, 5.41) is 7.56. The molecule has 22 heavy (non-hydrogen) atoms. The predicted octanol–water partition coefficient (Wildman–Crippen LogP) is 2.01. The lowest BCUT2D eigenvalue weighted by atomic mass is 10.2. The minimum Gasteiger partial charge on any atom is -0.464 e. The summed E-state index contributed by atoms with van der Waals surface area (Å²) < 4.78 is 11.1. The maximum absolute atomic E-state index is 11.8. The zero-order valence-corrected chi connectivity index (χ0v) is 12.5. The molecule has 0 aliphatic heterocycles. The van der Waals surface area contributed by atoms with E-state index in [4.69, 9.17) is 4.74 Å². The van der Waals surface area contributed by atoms with Gasteiger partial charge in [-0.1, -0.05) is 18.6 Å². The molecule has 0 aliphatic rings. The van der Waals surface area contributed by atoms with Crippen LogP contribution in [0.1, 0.15) is 40.6 Å². The van der Waals surface area contributed by atoms with E-state index < -0.39 is 5.97 Å². The van der Waals surface area contributed by atoms with Crippen LogP contribution < -0.4 is 0 Å². The van der Waals surface area contributed by atoms with Crippen molar-refractivity contribution in [3.63, 3.8) is 0 Å². The van der Waals surface area contributed by atoms with Gasteiger partial charge in [-0.05, 0) is 30.7 Å².